The Labute approximate surface area is 221 Å². The van der Waals surface area contributed by atoms with Gasteiger partial charge >= 0.3 is 0 Å². The van der Waals surface area contributed by atoms with Gasteiger partial charge in [0.1, 0.15) is 12.4 Å². The SMILES string of the molecule is CCOc1cc(C=Nn2c(CC)nc3ccc(Br)cc3c2=O)ccc1OCc1ccc(Cl)cc1Cl. The fourth-order valence-electron chi connectivity index (χ4n) is 3.45. The largest absolute Gasteiger partial charge is 0.490 e. The second-order valence-corrected chi connectivity index (χ2v) is 9.33. The van der Waals surface area contributed by atoms with E-state index < -0.39 is 0 Å². The number of fused-ring (bicyclic) bond motifs is 1. The van der Waals surface area contributed by atoms with E-state index in [-0.39, 0.29) is 12.2 Å². The molecule has 0 radical (unpaired) electrons. The molecular formula is C26H22BrCl2N3O3. The van der Waals surface area contributed by atoms with Gasteiger partial charge in [-0.3, -0.25) is 4.79 Å². The molecule has 0 atom stereocenters. The number of hydrogen-bond donors (Lipinski definition) is 0. The van der Waals surface area contributed by atoms with Crippen LogP contribution in [0.25, 0.3) is 10.9 Å². The van der Waals surface area contributed by atoms with Gasteiger partial charge in [0.05, 0.1) is 23.7 Å². The minimum Gasteiger partial charge on any atom is -0.490 e. The van der Waals surface area contributed by atoms with Crippen LogP contribution in [0.5, 0.6) is 11.5 Å². The fourth-order valence-corrected chi connectivity index (χ4v) is 4.28. The second kappa shape index (κ2) is 11.2. The van der Waals surface area contributed by atoms with Crippen LogP contribution in [-0.4, -0.2) is 22.5 Å². The lowest BCUT2D eigenvalue weighted by Crippen LogP contribution is -2.22. The van der Waals surface area contributed by atoms with Crippen LogP contribution in [0.15, 0.2) is 69.0 Å². The van der Waals surface area contributed by atoms with E-state index in [0.717, 1.165) is 15.6 Å². The zero-order chi connectivity index (χ0) is 24.9. The average molecular weight is 575 g/mol. The molecule has 0 unspecified atom stereocenters. The molecule has 6 nitrogen and oxygen atoms in total. The molecule has 0 saturated carbocycles. The minimum absolute atomic E-state index is 0.228. The predicted octanol–water partition coefficient (Wildman–Crippen LogP) is 6.89. The lowest BCUT2D eigenvalue weighted by Gasteiger charge is -2.13. The van der Waals surface area contributed by atoms with Gasteiger partial charge in [0.25, 0.3) is 5.56 Å². The molecule has 0 spiro atoms. The molecule has 35 heavy (non-hydrogen) atoms. The van der Waals surface area contributed by atoms with Crippen molar-refractivity contribution in [1.29, 1.82) is 0 Å². The standard InChI is InChI=1S/C26H22BrCl2N3O3/c1-3-25-31-22-9-7-18(27)12-20(22)26(33)32(25)30-14-16-5-10-23(24(11-16)34-4-2)35-15-17-6-8-19(28)13-21(17)29/h5-14H,3-4,15H2,1-2H3. The molecule has 180 valence electrons. The molecule has 0 amide bonds. The van der Waals surface area contributed by atoms with Crippen LogP contribution in [0.1, 0.15) is 30.8 Å². The van der Waals surface area contributed by atoms with Crippen molar-refractivity contribution in [1.82, 2.24) is 9.66 Å². The smallest absolute Gasteiger partial charge is 0.282 e. The van der Waals surface area contributed by atoms with Crippen LogP contribution in [0, 0.1) is 0 Å². The number of aryl methyl sites for hydroxylation is 1. The van der Waals surface area contributed by atoms with Crippen molar-refractivity contribution >= 4 is 56.2 Å². The number of aromatic nitrogens is 2. The number of halogens is 3. The number of ether oxygens (including phenoxy) is 2. The molecule has 9 heteroatoms. The maximum absolute atomic E-state index is 13.1. The second-order valence-electron chi connectivity index (χ2n) is 7.57. The van der Waals surface area contributed by atoms with Gasteiger partial charge in [-0.1, -0.05) is 52.1 Å². The Morgan fingerprint density at radius 3 is 2.60 bits per heavy atom. The lowest BCUT2D eigenvalue weighted by atomic mass is 10.2. The highest BCUT2D eigenvalue weighted by molar-refractivity contribution is 9.10. The molecule has 0 fully saturated rings. The van der Waals surface area contributed by atoms with Crippen molar-refractivity contribution in [3.05, 3.63) is 96.4 Å². The third-order valence-electron chi connectivity index (χ3n) is 5.18. The van der Waals surface area contributed by atoms with Crippen LogP contribution >= 0.6 is 39.1 Å². The monoisotopic (exact) mass is 573 g/mol. The van der Waals surface area contributed by atoms with Crippen LogP contribution in [0.4, 0.5) is 0 Å². The third kappa shape index (κ3) is 5.86. The van der Waals surface area contributed by atoms with Crippen molar-refractivity contribution in [2.75, 3.05) is 6.61 Å². The average Bonchev–Trinajstić information content (AvgIpc) is 2.84. The van der Waals surface area contributed by atoms with Gasteiger partial charge in [0.15, 0.2) is 11.5 Å². The first-order chi connectivity index (χ1) is 16.9. The molecule has 0 aliphatic heterocycles. The molecule has 0 aliphatic rings. The van der Waals surface area contributed by atoms with Crippen molar-refractivity contribution in [2.24, 2.45) is 5.10 Å². The molecule has 4 aromatic rings. The quantitative estimate of drug-likeness (QED) is 0.215. The van der Waals surface area contributed by atoms with E-state index in [0.29, 0.717) is 51.3 Å². The summed E-state index contributed by atoms with van der Waals surface area (Å²) in [6.07, 6.45) is 2.16. The van der Waals surface area contributed by atoms with Gasteiger partial charge in [-0.25, -0.2) is 4.98 Å². The minimum atomic E-state index is -0.228. The van der Waals surface area contributed by atoms with Crippen LogP contribution in [0.3, 0.4) is 0 Å². The zero-order valence-corrected chi connectivity index (χ0v) is 22.2. The normalized spacial score (nSPS) is 11.3. The van der Waals surface area contributed by atoms with E-state index in [2.05, 4.69) is 26.0 Å². The van der Waals surface area contributed by atoms with Gasteiger partial charge in [-0.2, -0.15) is 9.78 Å². The van der Waals surface area contributed by atoms with Crippen molar-refractivity contribution in [3.8, 4) is 11.5 Å². The number of benzene rings is 3. The summed E-state index contributed by atoms with van der Waals surface area (Å²) >= 11 is 15.6. The number of rotatable bonds is 8. The summed E-state index contributed by atoms with van der Waals surface area (Å²) in [6.45, 7) is 4.55. The molecule has 0 saturated heterocycles. The summed E-state index contributed by atoms with van der Waals surface area (Å²) in [5.74, 6) is 1.70. The topological polar surface area (TPSA) is 65.7 Å². The summed E-state index contributed by atoms with van der Waals surface area (Å²) in [5.41, 5.74) is 1.97. The van der Waals surface area contributed by atoms with E-state index in [1.807, 2.05) is 44.2 Å². The Morgan fingerprint density at radius 2 is 1.86 bits per heavy atom. The van der Waals surface area contributed by atoms with E-state index in [4.69, 9.17) is 32.7 Å². The Hall–Kier alpha value is -2.87. The van der Waals surface area contributed by atoms with E-state index >= 15 is 0 Å². The summed E-state index contributed by atoms with van der Waals surface area (Å²) < 4.78 is 13.9. The molecule has 0 aliphatic carbocycles. The molecule has 3 aromatic carbocycles. The van der Waals surface area contributed by atoms with Gasteiger partial charge < -0.3 is 9.47 Å². The number of hydrogen-bond acceptors (Lipinski definition) is 5. The highest BCUT2D eigenvalue weighted by Crippen LogP contribution is 2.30. The Balaban J connectivity index is 1.63. The van der Waals surface area contributed by atoms with Crippen LogP contribution in [-0.2, 0) is 13.0 Å². The Bertz CT molecular complexity index is 1470. The lowest BCUT2D eigenvalue weighted by molar-refractivity contribution is 0.269. The van der Waals surface area contributed by atoms with E-state index in [9.17, 15) is 4.79 Å². The Kier molecular flexibility index (Phi) is 8.11. The zero-order valence-electron chi connectivity index (χ0n) is 19.1. The Morgan fingerprint density at radius 1 is 1.03 bits per heavy atom. The summed E-state index contributed by atoms with van der Waals surface area (Å²) in [4.78, 5) is 17.7. The third-order valence-corrected chi connectivity index (χ3v) is 6.26. The molecule has 0 N–H and O–H groups in total. The van der Waals surface area contributed by atoms with Gasteiger partial charge in [-0.15, -0.1) is 0 Å². The summed E-state index contributed by atoms with van der Waals surface area (Å²) in [6, 6.07) is 16.2. The maximum Gasteiger partial charge on any atom is 0.282 e. The van der Waals surface area contributed by atoms with Crippen LogP contribution < -0.4 is 15.0 Å². The molecule has 4 rings (SSSR count). The van der Waals surface area contributed by atoms with Gasteiger partial charge in [-0.05, 0) is 61.0 Å². The first kappa shape index (κ1) is 25.2. The van der Waals surface area contributed by atoms with Gasteiger partial charge in [0.2, 0.25) is 0 Å². The summed E-state index contributed by atoms with van der Waals surface area (Å²) in [5, 5.41) is 6.04. The van der Waals surface area contributed by atoms with Gasteiger partial charge in [0, 0.05) is 26.5 Å². The van der Waals surface area contributed by atoms with Crippen molar-refractivity contribution in [3.63, 3.8) is 0 Å². The van der Waals surface area contributed by atoms with E-state index in [1.54, 1.807) is 30.5 Å². The van der Waals surface area contributed by atoms with E-state index in [1.165, 1.54) is 4.68 Å². The molecule has 1 aromatic heterocycles. The highest BCUT2D eigenvalue weighted by atomic mass is 79.9. The first-order valence-corrected chi connectivity index (χ1v) is 12.5. The van der Waals surface area contributed by atoms with Crippen molar-refractivity contribution < 1.29 is 9.47 Å². The van der Waals surface area contributed by atoms with Crippen molar-refractivity contribution in [2.45, 2.75) is 26.9 Å². The molecular weight excluding hydrogens is 553 g/mol. The van der Waals surface area contributed by atoms with Crippen LogP contribution in [0.2, 0.25) is 10.0 Å². The highest BCUT2D eigenvalue weighted by Gasteiger charge is 2.11. The molecule has 0 bridgehead atoms. The maximum atomic E-state index is 13.1. The fraction of sp³-hybridized carbons (Fsp3) is 0.192. The summed E-state index contributed by atoms with van der Waals surface area (Å²) in [7, 11) is 0. The molecule has 1 heterocycles. The predicted molar refractivity (Wildman–Crippen MR) is 144 cm³/mol. The first-order valence-electron chi connectivity index (χ1n) is 11.0. The number of nitrogens with zero attached hydrogens (tertiary/aromatic N) is 3.